The Hall–Kier alpha value is -2.67. The van der Waals surface area contributed by atoms with E-state index in [1.165, 1.54) is 0 Å². The molecular weight excluding hydrogens is 318 g/mol. The lowest BCUT2D eigenvalue weighted by atomic mass is 10.2. The van der Waals surface area contributed by atoms with Gasteiger partial charge in [-0.2, -0.15) is 4.98 Å². The van der Waals surface area contributed by atoms with Gasteiger partial charge in [-0.15, -0.1) is 0 Å². The second kappa shape index (κ2) is 9.58. The largest absolute Gasteiger partial charge is 0.462 e. The lowest BCUT2D eigenvalue weighted by Crippen LogP contribution is -2.17. The van der Waals surface area contributed by atoms with Crippen LogP contribution in [0.2, 0.25) is 0 Å². The van der Waals surface area contributed by atoms with Gasteiger partial charge in [-0.25, -0.2) is 9.78 Å². The number of hydrogen-bond acceptors (Lipinski definition) is 7. The van der Waals surface area contributed by atoms with Crippen molar-refractivity contribution in [1.29, 1.82) is 0 Å². The molecule has 0 aliphatic rings. The van der Waals surface area contributed by atoms with Crippen molar-refractivity contribution in [2.75, 3.05) is 44.4 Å². The van der Waals surface area contributed by atoms with Crippen LogP contribution >= 0.6 is 0 Å². The molecule has 0 unspecified atom stereocenters. The highest BCUT2D eigenvalue weighted by atomic mass is 16.5. The molecule has 0 atom stereocenters. The van der Waals surface area contributed by atoms with Crippen LogP contribution in [-0.2, 0) is 4.74 Å². The number of nitrogens with one attached hydrogen (secondary N) is 2. The third kappa shape index (κ3) is 6.04. The van der Waals surface area contributed by atoms with Crippen LogP contribution in [0.3, 0.4) is 0 Å². The second-order valence-corrected chi connectivity index (χ2v) is 5.74. The van der Waals surface area contributed by atoms with Crippen LogP contribution in [0.4, 0.5) is 17.5 Å². The van der Waals surface area contributed by atoms with Crippen LogP contribution in [0.25, 0.3) is 0 Å². The van der Waals surface area contributed by atoms with Crippen molar-refractivity contribution in [2.24, 2.45) is 0 Å². The number of aromatic nitrogens is 2. The topological polar surface area (TPSA) is 79.4 Å². The Morgan fingerprint density at radius 2 is 2.04 bits per heavy atom. The van der Waals surface area contributed by atoms with Crippen LogP contribution in [0.5, 0.6) is 0 Å². The first-order valence-corrected chi connectivity index (χ1v) is 8.35. The van der Waals surface area contributed by atoms with E-state index in [2.05, 4.69) is 25.5 Å². The lowest BCUT2D eigenvalue weighted by molar-refractivity contribution is 0.0527. The smallest absolute Gasteiger partial charge is 0.340 e. The Labute approximate surface area is 148 Å². The Morgan fingerprint density at radius 1 is 1.24 bits per heavy atom. The van der Waals surface area contributed by atoms with E-state index < -0.39 is 0 Å². The predicted octanol–water partition coefficient (Wildman–Crippen LogP) is 2.76. The molecule has 0 spiro atoms. The van der Waals surface area contributed by atoms with E-state index in [9.17, 15) is 4.79 Å². The van der Waals surface area contributed by atoms with Gasteiger partial charge in [0, 0.05) is 12.7 Å². The van der Waals surface area contributed by atoms with E-state index in [-0.39, 0.29) is 5.97 Å². The first-order chi connectivity index (χ1) is 12.1. The first-order valence-electron chi connectivity index (χ1n) is 8.35. The SMILES string of the molecule is CCOC(=O)c1ccccc1Nc1ccnc(NCCCN(C)C)n1. The van der Waals surface area contributed by atoms with Crippen molar-refractivity contribution in [1.82, 2.24) is 14.9 Å². The van der Waals surface area contributed by atoms with E-state index in [1.807, 2.05) is 26.2 Å². The molecule has 0 radical (unpaired) electrons. The summed E-state index contributed by atoms with van der Waals surface area (Å²) in [7, 11) is 4.09. The third-order valence-corrected chi connectivity index (χ3v) is 3.41. The van der Waals surface area contributed by atoms with E-state index in [1.54, 1.807) is 31.3 Å². The number of ether oxygens (including phenoxy) is 1. The van der Waals surface area contributed by atoms with Crippen LogP contribution in [0.1, 0.15) is 23.7 Å². The summed E-state index contributed by atoms with van der Waals surface area (Å²) in [5.41, 5.74) is 1.13. The number of esters is 1. The minimum atomic E-state index is -0.360. The van der Waals surface area contributed by atoms with Gasteiger partial charge in [-0.3, -0.25) is 0 Å². The van der Waals surface area contributed by atoms with Crippen molar-refractivity contribution < 1.29 is 9.53 Å². The number of carbonyl (C=O) groups excluding carboxylic acids is 1. The molecule has 0 saturated heterocycles. The first kappa shape index (κ1) is 18.7. The molecule has 2 aromatic rings. The van der Waals surface area contributed by atoms with E-state index in [0.29, 0.717) is 29.6 Å². The van der Waals surface area contributed by atoms with Gasteiger partial charge in [0.25, 0.3) is 0 Å². The average molecular weight is 343 g/mol. The molecule has 1 aromatic heterocycles. The van der Waals surface area contributed by atoms with Crippen LogP contribution in [0.15, 0.2) is 36.5 Å². The molecule has 7 nitrogen and oxygen atoms in total. The number of nitrogens with zero attached hydrogens (tertiary/aromatic N) is 3. The monoisotopic (exact) mass is 343 g/mol. The molecular formula is C18H25N5O2. The van der Waals surface area contributed by atoms with Gasteiger partial charge in [-0.05, 0) is 52.2 Å². The van der Waals surface area contributed by atoms with Crippen molar-refractivity contribution in [2.45, 2.75) is 13.3 Å². The number of anilines is 3. The maximum absolute atomic E-state index is 12.0. The highest BCUT2D eigenvalue weighted by Crippen LogP contribution is 2.20. The van der Waals surface area contributed by atoms with Crippen molar-refractivity contribution in [3.8, 4) is 0 Å². The standard InChI is InChI=1S/C18H25N5O2/c1-4-25-17(24)14-8-5-6-9-15(14)21-16-10-12-20-18(22-16)19-11-7-13-23(2)3/h5-6,8-10,12H,4,7,11,13H2,1-3H3,(H2,19,20,21,22). The zero-order chi connectivity index (χ0) is 18.1. The second-order valence-electron chi connectivity index (χ2n) is 5.74. The van der Waals surface area contributed by atoms with Crippen LogP contribution in [-0.4, -0.2) is 54.6 Å². The maximum atomic E-state index is 12.0. The van der Waals surface area contributed by atoms with Crippen molar-refractivity contribution in [3.63, 3.8) is 0 Å². The third-order valence-electron chi connectivity index (χ3n) is 3.41. The summed E-state index contributed by atoms with van der Waals surface area (Å²) in [5, 5.41) is 6.36. The number of carbonyl (C=O) groups is 1. The summed E-state index contributed by atoms with van der Waals surface area (Å²) in [4.78, 5) is 22.8. The van der Waals surface area contributed by atoms with Crippen LogP contribution < -0.4 is 10.6 Å². The molecule has 0 bridgehead atoms. The zero-order valence-electron chi connectivity index (χ0n) is 15.0. The van der Waals surface area contributed by atoms with Gasteiger partial charge < -0.3 is 20.3 Å². The molecule has 1 aromatic carbocycles. The van der Waals surface area contributed by atoms with Crippen LogP contribution in [0, 0.1) is 0 Å². The summed E-state index contributed by atoms with van der Waals surface area (Å²) < 4.78 is 5.09. The van der Waals surface area contributed by atoms with Crippen molar-refractivity contribution in [3.05, 3.63) is 42.1 Å². The van der Waals surface area contributed by atoms with E-state index >= 15 is 0 Å². The number of benzene rings is 1. The Bertz CT molecular complexity index is 691. The maximum Gasteiger partial charge on any atom is 0.340 e. The summed E-state index contributed by atoms with van der Waals surface area (Å²) in [5.74, 6) is 0.806. The normalized spacial score (nSPS) is 10.6. The summed E-state index contributed by atoms with van der Waals surface area (Å²) in [6.07, 6.45) is 2.68. The van der Waals surface area contributed by atoms with Gasteiger partial charge in [0.2, 0.25) is 5.95 Å². The van der Waals surface area contributed by atoms with E-state index in [0.717, 1.165) is 19.5 Å². The molecule has 25 heavy (non-hydrogen) atoms. The quantitative estimate of drug-likeness (QED) is 0.535. The molecule has 0 amide bonds. The lowest BCUT2D eigenvalue weighted by Gasteiger charge is -2.12. The van der Waals surface area contributed by atoms with Gasteiger partial charge >= 0.3 is 5.97 Å². The molecule has 134 valence electrons. The fraction of sp³-hybridized carbons (Fsp3) is 0.389. The predicted molar refractivity (Wildman–Crippen MR) is 99.4 cm³/mol. The minimum Gasteiger partial charge on any atom is -0.462 e. The van der Waals surface area contributed by atoms with Gasteiger partial charge in [-0.1, -0.05) is 12.1 Å². The Balaban J connectivity index is 2.03. The fourth-order valence-corrected chi connectivity index (χ4v) is 2.23. The molecule has 1 heterocycles. The molecule has 2 N–H and O–H groups in total. The zero-order valence-corrected chi connectivity index (χ0v) is 15.0. The van der Waals surface area contributed by atoms with Gasteiger partial charge in [0.15, 0.2) is 0 Å². The molecule has 2 rings (SSSR count). The fourth-order valence-electron chi connectivity index (χ4n) is 2.23. The highest BCUT2D eigenvalue weighted by molar-refractivity contribution is 5.96. The molecule has 0 aliphatic heterocycles. The Kier molecular flexibility index (Phi) is 7.16. The highest BCUT2D eigenvalue weighted by Gasteiger charge is 2.12. The van der Waals surface area contributed by atoms with Gasteiger partial charge in [0.1, 0.15) is 5.82 Å². The summed E-state index contributed by atoms with van der Waals surface area (Å²) in [6, 6.07) is 8.95. The molecule has 0 fully saturated rings. The summed E-state index contributed by atoms with van der Waals surface area (Å²) in [6.45, 7) is 3.91. The number of rotatable bonds is 9. The molecule has 0 aliphatic carbocycles. The van der Waals surface area contributed by atoms with E-state index in [4.69, 9.17) is 4.74 Å². The summed E-state index contributed by atoms with van der Waals surface area (Å²) >= 11 is 0. The minimum absolute atomic E-state index is 0.335. The Morgan fingerprint density at radius 3 is 2.80 bits per heavy atom. The van der Waals surface area contributed by atoms with Gasteiger partial charge in [0.05, 0.1) is 17.9 Å². The average Bonchev–Trinajstić information content (AvgIpc) is 2.60. The molecule has 0 saturated carbocycles. The number of para-hydroxylation sites is 1. The van der Waals surface area contributed by atoms with Crippen molar-refractivity contribution >= 4 is 23.4 Å². The number of hydrogen-bond donors (Lipinski definition) is 2. The molecule has 7 heteroatoms.